The number of rotatable bonds is 6. The van der Waals surface area contributed by atoms with Gasteiger partial charge in [-0.2, -0.15) is 0 Å². The van der Waals surface area contributed by atoms with Gasteiger partial charge in [-0.1, -0.05) is 41.4 Å². The molecule has 2 amide bonds. The third-order valence-electron chi connectivity index (χ3n) is 3.26. The molecule has 2 aromatic rings. The average Bonchev–Trinajstić information content (AvgIpc) is 2.55. The van der Waals surface area contributed by atoms with Crippen molar-refractivity contribution in [3.05, 3.63) is 67.2 Å². The molecule has 7 heteroatoms. The Balaban J connectivity index is 1.75. The largest absolute Gasteiger partial charge is 0.354 e. The minimum absolute atomic E-state index is 0.0713. The van der Waals surface area contributed by atoms with Gasteiger partial charge in [0.25, 0.3) is 5.91 Å². The van der Waals surface area contributed by atoms with Crippen LogP contribution in [-0.4, -0.2) is 24.9 Å². The van der Waals surface area contributed by atoms with Crippen molar-refractivity contribution in [2.75, 3.05) is 13.1 Å². The highest BCUT2D eigenvalue weighted by Gasteiger charge is 2.10. The van der Waals surface area contributed by atoms with E-state index < -0.39 is 0 Å². The van der Waals surface area contributed by atoms with E-state index in [1.54, 1.807) is 24.3 Å². The van der Waals surface area contributed by atoms with Gasteiger partial charge >= 0.3 is 0 Å². The van der Waals surface area contributed by atoms with Gasteiger partial charge in [0.15, 0.2) is 0 Å². The zero-order valence-corrected chi connectivity index (χ0v) is 16.3. The predicted molar refractivity (Wildman–Crippen MR) is 105 cm³/mol. The fourth-order valence-electron chi connectivity index (χ4n) is 2.02. The fourth-order valence-corrected chi connectivity index (χ4v) is 3.16. The molecule has 0 saturated carbocycles. The normalized spacial score (nSPS) is 10.3. The van der Waals surface area contributed by atoms with Crippen molar-refractivity contribution in [1.82, 2.24) is 10.6 Å². The molecular formula is C17H15Cl2IN2O2. The lowest BCUT2D eigenvalue weighted by Gasteiger charge is -2.09. The van der Waals surface area contributed by atoms with E-state index >= 15 is 0 Å². The molecule has 0 saturated heterocycles. The zero-order valence-electron chi connectivity index (χ0n) is 12.6. The Morgan fingerprint density at radius 1 is 1.04 bits per heavy atom. The van der Waals surface area contributed by atoms with Crippen LogP contribution in [0.4, 0.5) is 0 Å². The minimum atomic E-state index is -0.268. The molecule has 126 valence electrons. The van der Waals surface area contributed by atoms with Gasteiger partial charge in [-0.25, -0.2) is 0 Å². The molecule has 24 heavy (non-hydrogen) atoms. The molecular weight excluding hydrogens is 462 g/mol. The Kier molecular flexibility index (Phi) is 7.33. The quantitative estimate of drug-likeness (QED) is 0.625. The highest BCUT2D eigenvalue weighted by molar-refractivity contribution is 14.1. The Labute approximate surface area is 164 Å². The van der Waals surface area contributed by atoms with Crippen LogP contribution in [0, 0.1) is 3.57 Å². The number of carbonyl (C=O) groups excluding carboxylic acids is 2. The predicted octanol–water partition coefficient (Wildman–Crippen LogP) is 3.69. The van der Waals surface area contributed by atoms with Crippen LogP contribution in [-0.2, 0) is 11.2 Å². The maximum absolute atomic E-state index is 12.0. The van der Waals surface area contributed by atoms with Crippen LogP contribution in [0.5, 0.6) is 0 Å². The van der Waals surface area contributed by atoms with Crippen LogP contribution in [0.1, 0.15) is 15.9 Å². The lowest BCUT2D eigenvalue weighted by atomic mass is 10.1. The summed E-state index contributed by atoms with van der Waals surface area (Å²) in [4.78, 5) is 23.8. The third-order valence-corrected chi connectivity index (χ3v) is 4.79. The number of hydrogen-bond donors (Lipinski definition) is 2. The van der Waals surface area contributed by atoms with Gasteiger partial charge in [0.05, 0.1) is 12.1 Å². The van der Waals surface area contributed by atoms with Gasteiger partial charge in [-0.3, -0.25) is 9.59 Å². The number of hydrogen-bond acceptors (Lipinski definition) is 2. The number of amides is 2. The lowest BCUT2D eigenvalue weighted by Crippen LogP contribution is -2.37. The molecule has 0 aliphatic carbocycles. The van der Waals surface area contributed by atoms with E-state index in [4.69, 9.17) is 23.2 Å². The van der Waals surface area contributed by atoms with Crippen molar-refractivity contribution in [3.8, 4) is 0 Å². The maximum Gasteiger partial charge on any atom is 0.252 e. The Morgan fingerprint density at radius 2 is 1.79 bits per heavy atom. The first-order valence-electron chi connectivity index (χ1n) is 7.20. The van der Waals surface area contributed by atoms with Crippen LogP contribution >= 0.6 is 45.8 Å². The molecule has 0 aliphatic rings. The van der Waals surface area contributed by atoms with Crippen molar-refractivity contribution in [1.29, 1.82) is 0 Å². The van der Waals surface area contributed by atoms with Crippen LogP contribution in [0.15, 0.2) is 42.5 Å². The lowest BCUT2D eigenvalue weighted by molar-refractivity contribution is -0.120. The molecule has 0 unspecified atom stereocenters. The molecule has 0 bridgehead atoms. The van der Waals surface area contributed by atoms with E-state index in [0.29, 0.717) is 28.6 Å². The summed E-state index contributed by atoms with van der Waals surface area (Å²) in [6.07, 6.45) is 0.590. The van der Waals surface area contributed by atoms with E-state index in [9.17, 15) is 9.59 Å². The van der Waals surface area contributed by atoms with Gasteiger partial charge in [0.1, 0.15) is 0 Å². The van der Waals surface area contributed by atoms with Gasteiger partial charge in [-0.15, -0.1) is 0 Å². The molecule has 0 aromatic heterocycles. The van der Waals surface area contributed by atoms with E-state index in [-0.39, 0.29) is 18.4 Å². The average molecular weight is 477 g/mol. The van der Waals surface area contributed by atoms with E-state index in [2.05, 4.69) is 33.2 Å². The van der Waals surface area contributed by atoms with Crippen LogP contribution in [0.3, 0.4) is 0 Å². The summed E-state index contributed by atoms with van der Waals surface area (Å²) < 4.78 is 0.838. The number of carbonyl (C=O) groups is 2. The summed E-state index contributed by atoms with van der Waals surface area (Å²) >= 11 is 14.0. The van der Waals surface area contributed by atoms with Crippen LogP contribution in [0.2, 0.25) is 10.0 Å². The molecule has 0 aliphatic heterocycles. The molecule has 0 radical (unpaired) electrons. The van der Waals surface area contributed by atoms with Gasteiger partial charge in [0.2, 0.25) is 5.91 Å². The zero-order chi connectivity index (χ0) is 17.5. The SMILES string of the molecule is O=C(CNC(=O)c1ccccc1I)NCCc1ccc(Cl)cc1Cl. The summed E-state index contributed by atoms with van der Waals surface area (Å²) in [5.74, 6) is -0.518. The minimum Gasteiger partial charge on any atom is -0.354 e. The first-order chi connectivity index (χ1) is 11.5. The second-order valence-corrected chi connectivity index (χ2v) is 7.00. The number of halogens is 3. The van der Waals surface area contributed by atoms with Gasteiger partial charge in [-0.05, 0) is 58.8 Å². The fraction of sp³-hybridized carbons (Fsp3) is 0.176. The van der Waals surface area contributed by atoms with Crippen molar-refractivity contribution in [3.63, 3.8) is 0 Å². The first kappa shape index (κ1) is 19.0. The molecule has 2 rings (SSSR count). The first-order valence-corrected chi connectivity index (χ1v) is 9.04. The number of benzene rings is 2. The Morgan fingerprint density at radius 3 is 2.50 bits per heavy atom. The second-order valence-electron chi connectivity index (χ2n) is 5.00. The summed E-state index contributed by atoms with van der Waals surface area (Å²) in [6, 6.07) is 12.5. The molecule has 0 fully saturated rings. The van der Waals surface area contributed by atoms with Crippen molar-refractivity contribution >= 4 is 57.6 Å². The maximum atomic E-state index is 12.0. The summed E-state index contributed by atoms with van der Waals surface area (Å²) in [6.45, 7) is 0.358. The van der Waals surface area contributed by atoms with Crippen molar-refractivity contribution < 1.29 is 9.59 Å². The Bertz CT molecular complexity index is 753. The molecule has 0 atom stereocenters. The molecule has 4 nitrogen and oxygen atoms in total. The standard InChI is InChI=1S/C17H15Cl2IN2O2/c18-12-6-5-11(14(19)9-12)7-8-21-16(23)10-22-17(24)13-3-1-2-4-15(13)20/h1-6,9H,7-8,10H2,(H,21,23)(H,22,24). The van der Waals surface area contributed by atoms with E-state index in [0.717, 1.165) is 9.13 Å². The highest BCUT2D eigenvalue weighted by Crippen LogP contribution is 2.21. The smallest absolute Gasteiger partial charge is 0.252 e. The summed E-state index contributed by atoms with van der Waals surface area (Å²) in [5.41, 5.74) is 1.46. The van der Waals surface area contributed by atoms with Crippen molar-refractivity contribution in [2.24, 2.45) is 0 Å². The topological polar surface area (TPSA) is 58.2 Å². The molecule has 2 aromatic carbocycles. The van der Waals surface area contributed by atoms with E-state index in [1.807, 2.05) is 18.2 Å². The van der Waals surface area contributed by atoms with Crippen LogP contribution < -0.4 is 10.6 Å². The van der Waals surface area contributed by atoms with Crippen LogP contribution in [0.25, 0.3) is 0 Å². The number of nitrogens with one attached hydrogen (secondary N) is 2. The van der Waals surface area contributed by atoms with Gasteiger partial charge in [0, 0.05) is 20.2 Å². The van der Waals surface area contributed by atoms with E-state index in [1.165, 1.54) is 0 Å². The Hall–Kier alpha value is -1.31. The second kappa shape index (κ2) is 9.25. The molecule has 0 heterocycles. The van der Waals surface area contributed by atoms with Gasteiger partial charge < -0.3 is 10.6 Å². The molecule has 2 N–H and O–H groups in total. The summed E-state index contributed by atoms with van der Waals surface area (Å²) in [5, 5.41) is 6.50. The third kappa shape index (κ3) is 5.65. The monoisotopic (exact) mass is 476 g/mol. The highest BCUT2D eigenvalue weighted by atomic mass is 127. The summed E-state index contributed by atoms with van der Waals surface area (Å²) in [7, 11) is 0. The van der Waals surface area contributed by atoms with Crippen molar-refractivity contribution in [2.45, 2.75) is 6.42 Å². The molecule has 0 spiro atoms.